The number of ether oxygens (including phenoxy) is 2. The fourth-order valence-electron chi connectivity index (χ4n) is 2.48. The van der Waals surface area contributed by atoms with Crippen LogP contribution in [0.5, 0.6) is 11.5 Å². The van der Waals surface area contributed by atoms with Crippen molar-refractivity contribution in [3.63, 3.8) is 0 Å². The van der Waals surface area contributed by atoms with Gasteiger partial charge in [0.25, 0.3) is 5.95 Å². The highest BCUT2D eigenvalue weighted by Gasteiger charge is 2.10. The van der Waals surface area contributed by atoms with Gasteiger partial charge in [-0.15, -0.1) is 35.0 Å². The summed E-state index contributed by atoms with van der Waals surface area (Å²) in [4.78, 5) is 0. The summed E-state index contributed by atoms with van der Waals surface area (Å²) in [6, 6.07) is 15.5. The average molecular weight is 439 g/mol. The van der Waals surface area contributed by atoms with Crippen LogP contribution in [0.1, 0.15) is 23.9 Å². The number of nitrogen functional groups attached to an aromatic ring is 1. The molecule has 0 bridgehead atoms. The molecule has 10 heteroatoms. The smallest absolute Gasteiger partial charge is 0.263 e. The van der Waals surface area contributed by atoms with E-state index in [0.29, 0.717) is 36.3 Å². The fraction of sp³-hybridized carbons (Fsp3) is 0.211. The molecule has 3 rings (SSSR count). The molecule has 0 radical (unpaired) electrons. The molecule has 3 aromatic rings. The summed E-state index contributed by atoms with van der Waals surface area (Å²) < 4.78 is 12.8. The number of benzene rings is 2. The van der Waals surface area contributed by atoms with Crippen molar-refractivity contribution in [1.29, 1.82) is 0 Å². The van der Waals surface area contributed by atoms with E-state index in [-0.39, 0.29) is 24.8 Å². The van der Waals surface area contributed by atoms with E-state index in [0.717, 1.165) is 11.1 Å². The number of hydrogen-bond donors (Lipinski definition) is 2. The summed E-state index contributed by atoms with van der Waals surface area (Å²) in [7, 11) is 1.60. The van der Waals surface area contributed by atoms with Crippen LogP contribution in [0.2, 0.25) is 0 Å². The number of aromatic nitrogens is 3. The molecule has 8 nitrogen and oxygen atoms in total. The van der Waals surface area contributed by atoms with Gasteiger partial charge < -0.3 is 15.3 Å². The van der Waals surface area contributed by atoms with Crippen molar-refractivity contribution in [2.45, 2.75) is 20.0 Å². The van der Waals surface area contributed by atoms with Crippen LogP contribution in [-0.2, 0) is 13.0 Å². The van der Waals surface area contributed by atoms with E-state index in [1.54, 1.807) is 13.3 Å². The van der Waals surface area contributed by atoms with Crippen molar-refractivity contribution in [3.05, 3.63) is 65.5 Å². The van der Waals surface area contributed by atoms with Crippen molar-refractivity contribution in [3.8, 4) is 11.5 Å². The molecule has 0 aliphatic heterocycles. The lowest BCUT2D eigenvalue weighted by Gasteiger charge is -2.13. The average Bonchev–Trinajstić information content (AvgIpc) is 3.07. The standard InChI is InChI=1S/C19H22N6O2.2ClH/c1-3-17-22-24-19(25(17)20)23-21-12-15-10-7-11-16(26-2)18(15)27-13-14-8-5-4-6-9-14;;/h4-12H,3,13,20H2,1-2H3,(H,23,24);2*1H. The first-order valence-electron chi connectivity index (χ1n) is 8.55. The van der Waals surface area contributed by atoms with Crippen molar-refractivity contribution >= 4 is 37.0 Å². The van der Waals surface area contributed by atoms with E-state index in [4.69, 9.17) is 15.3 Å². The highest BCUT2D eigenvalue weighted by molar-refractivity contribution is 5.86. The van der Waals surface area contributed by atoms with E-state index in [9.17, 15) is 0 Å². The summed E-state index contributed by atoms with van der Waals surface area (Å²) in [5, 5.41) is 12.1. The van der Waals surface area contributed by atoms with Crippen LogP contribution >= 0.6 is 24.8 Å². The van der Waals surface area contributed by atoms with Crippen LogP contribution in [0.3, 0.4) is 0 Å². The molecule has 2 aromatic carbocycles. The Balaban J connectivity index is 0.00000210. The van der Waals surface area contributed by atoms with Gasteiger partial charge in [-0.05, 0) is 17.7 Å². The molecule has 29 heavy (non-hydrogen) atoms. The third kappa shape index (κ3) is 6.00. The van der Waals surface area contributed by atoms with Crippen molar-refractivity contribution < 1.29 is 9.47 Å². The highest BCUT2D eigenvalue weighted by atomic mass is 35.5. The topological polar surface area (TPSA) is 99.6 Å². The minimum absolute atomic E-state index is 0. The number of halogens is 2. The van der Waals surface area contributed by atoms with E-state index in [1.807, 2.05) is 55.5 Å². The van der Waals surface area contributed by atoms with Crippen LogP contribution in [0.25, 0.3) is 0 Å². The lowest BCUT2D eigenvalue weighted by atomic mass is 10.2. The number of nitrogens with two attached hydrogens (primary N) is 1. The zero-order valence-electron chi connectivity index (χ0n) is 16.1. The molecule has 0 atom stereocenters. The maximum Gasteiger partial charge on any atom is 0.263 e. The Hall–Kier alpha value is -2.97. The van der Waals surface area contributed by atoms with Crippen LogP contribution in [0.15, 0.2) is 53.6 Å². The minimum atomic E-state index is 0. The highest BCUT2D eigenvalue weighted by Crippen LogP contribution is 2.30. The molecular weight excluding hydrogens is 415 g/mol. The molecule has 156 valence electrons. The summed E-state index contributed by atoms with van der Waals surface area (Å²) >= 11 is 0. The van der Waals surface area contributed by atoms with Gasteiger partial charge in [0.15, 0.2) is 17.3 Å². The lowest BCUT2D eigenvalue weighted by molar-refractivity contribution is 0.284. The molecule has 0 amide bonds. The van der Waals surface area contributed by atoms with Gasteiger partial charge >= 0.3 is 0 Å². The number of nitrogens with zero attached hydrogens (tertiary/aromatic N) is 4. The van der Waals surface area contributed by atoms with Gasteiger partial charge in [-0.2, -0.15) is 5.10 Å². The second kappa shape index (κ2) is 11.8. The van der Waals surface area contributed by atoms with E-state index in [1.165, 1.54) is 4.68 Å². The fourth-order valence-corrected chi connectivity index (χ4v) is 2.48. The monoisotopic (exact) mass is 438 g/mol. The Morgan fingerprint density at radius 3 is 2.52 bits per heavy atom. The number of aryl methyl sites for hydroxylation is 1. The van der Waals surface area contributed by atoms with Crippen molar-refractivity contribution in [2.24, 2.45) is 5.10 Å². The molecule has 0 aliphatic carbocycles. The number of rotatable bonds is 8. The summed E-state index contributed by atoms with van der Waals surface area (Å²) in [5.74, 6) is 8.16. The number of nitrogens with one attached hydrogen (secondary N) is 1. The molecular formula is C19H24Cl2N6O2. The van der Waals surface area contributed by atoms with Gasteiger partial charge in [-0.3, -0.25) is 0 Å². The number of methoxy groups -OCH3 is 1. The van der Waals surface area contributed by atoms with Gasteiger partial charge in [0, 0.05) is 12.0 Å². The molecule has 3 N–H and O–H groups in total. The van der Waals surface area contributed by atoms with E-state index in [2.05, 4.69) is 20.7 Å². The normalized spacial score (nSPS) is 10.1. The Kier molecular flexibility index (Phi) is 9.78. The van der Waals surface area contributed by atoms with Crippen molar-refractivity contribution in [2.75, 3.05) is 18.4 Å². The molecule has 0 aliphatic rings. The van der Waals surface area contributed by atoms with Crippen LogP contribution in [0.4, 0.5) is 5.95 Å². The Morgan fingerprint density at radius 2 is 1.86 bits per heavy atom. The van der Waals surface area contributed by atoms with Gasteiger partial charge in [0.2, 0.25) is 0 Å². The first-order chi connectivity index (χ1) is 13.2. The molecule has 0 unspecified atom stereocenters. The maximum atomic E-state index is 5.99. The third-order valence-electron chi connectivity index (χ3n) is 3.91. The van der Waals surface area contributed by atoms with Crippen LogP contribution in [0, 0.1) is 0 Å². The van der Waals surface area contributed by atoms with Gasteiger partial charge in [-0.25, -0.2) is 10.1 Å². The quantitative estimate of drug-likeness (QED) is 0.317. The summed E-state index contributed by atoms with van der Waals surface area (Å²) in [6.07, 6.45) is 2.31. The second-order valence-electron chi connectivity index (χ2n) is 5.69. The van der Waals surface area contributed by atoms with E-state index >= 15 is 0 Å². The minimum Gasteiger partial charge on any atom is -0.493 e. The molecule has 0 saturated heterocycles. The lowest BCUT2D eigenvalue weighted by Crippen LogP contribution is -2.15. The van der Waals surface area contributed by atoms with Gasteiger partial charge in [-0.1, -0.05) is 43.3 Å². The van der Waals surface area contributed by atoms with Gasteiger partial charge in [0.05, 0.1) is 13.3 Å². The van der Waals surface area contributed by atoms with Crippen LogP contribution in [-0.4, -0.2) is 28.2 Å². The summed E-state index contributed by atoms with van der Waals surface area (Å²) in [6.45, 7) is 2.37. The summed E-state index contributed by atoms with van der Waals surface area (Å²) in [5.41, 5.74) is 4.62. The molecule has 0 saturated carbocycles. The zero-order valence-corrected chi connectivity index (χ0v) is 17.7. The first kappa shape index (κ1) is 24.1. The Bertz CT molecular complexity index is 918. The molecule has 1 aromatic heterocycles. The number of anilines is 1. The molecule has 1 heterocycles. The van der Waals surface area contributed by atoms with E-state index < -0.39 is 0 Å². The predicted octanol–water partition coefficient (Wildman–Crippen LogP) is 3.43. The predicted molar refractivity (Wildman–Crippen MR) is 119 cm³/mol. The number of hydrogen-bond acceptors (Lipinski definition) is 7. The maximum absolute atomic E-state index is 5.99. The number of para-hydroxylation sites is 1. The SMILES string of the molecule is CCc1nnc(NN=Cc2cccc(OC)c2OCc2ccccc2)n1N.Cl.Cl. The molecule has 0 fully saturated rings. The molecule has 0 spiro atoms. The van der Waals surface area contributed by atoms with Crippen molar-refractivity contribution in [1.82, 2.24) is 14.9 Å². The second-order valence-corrected chi connectivity index (χ2v) is 5.69. The van der Waals surface area contributed by atoms with Crippen LogP contribution < -0.4 is 20.7 Å². The Morgan fingerprint density at radius 1 is 1.10 bits per heavy atom. The number of hydrazone groups is 1. The largest absolute Gasteiger partial charge is 0.493 e. The van der Waals surface area contributed by atoms with Gasteiger partial charge in [0.1, 0.15) is 6.61 Å². The zero-order chi connectivity index (χ0) is 19.1. The first-order valence-corrected chi connectivity index (χ1v) is 8.55. The Labute approximate surface area is 181 Å². The third-order valence-corrected chi connectivity index (χ3v) is 3.91.